The number of aryl methyl sites for hydroxylation is 2. The second-order valence-corrected chi connectivity index (χ2v) is 13.6. The van der Waals surface area contributed by atoms with Gasteiger partial charge in [-0.2, -0.15) is 0 Å². The van der Waals surface area contributed by atoms with Gasteiger partial charge >= 0.3 is 0 Å². The number of benzene rings is 2. The molecule has 0 radical (unpaired) electrons. The molecule has 2 nitrogen and oxygen atoms in total. The fraction of sp³-hybridized carbons (Fsp3) is 0.600. The normalized spacial score (nSPS) is 13.5. The largest absolute Gasteiger partial charge is 0.507 e. The van der Waals surface area contributed by atoms with Gasteiger partial charge in [-0.05, 0) is 67.9 Å². The molecule has 0 unspecified atom stereocenters. The minimum atomic E-state index is -0.145. The van der Waals surface area contributed by atoms with E-state index < -0.39 is 0 Å². The summed E-state index contributed by atoms with van der Waals surface area (Å²) in [5, 5.41) is 22.3. The molecule has 0 aliphatic carbocycles. The van der Waals surface area contributed by atoms with E-state index in [1.165, 1.54) is 11.1 Å². The molecule has 0 bridgehead atoms. The highest BCUT2D eigenvalue weighted by molar-refractivity contribution is 5.51. The third-order valence-corrected chi connectivity index (χ3v) is 6.39. The van der Waals surface area contributed by atoms with Crippen LogP contribution in [0, 0.1) is 0 Å². The molecule has 0 amide bonds. The van der Waals surface area contributed by atoms with Crippen LogP contribution in [0.3, 0.4) is 0 Å². The molecule has 0 fully saturated rings. The summed E-state index contributed by atoms with van der Waals surface area (Å²) in [6.07, 6.45) is 1.37. The number of hydrogen-bond acceptors (Lipinski definition) is 2. The van der Waals surface area contributed by atoms with Gasteiger partial charge in [0.15, 0.2) is 0 Å². The molecule has 2 aromatic rings. The van der Waals surface area contributed by atoms with Gasteiger partial charge in [-0.15, -0.1) is 0 Å². The molecule has 2 aromatic carbocycles. The molecule has 0 heterocycles. The van der Waals surface area contributed by atoms with Crippen LogP contribution in [0.2, 0.25) is 0 Å². The first-order valence-corrected chi connectivity index (χ1v) is 12.0. The summed E-state index contributed by atoms with van der Waals surface area (Å²) in [7, 11) is 0. The molecule has 2 heteroatoms. The first-order valence-electron chi connectivity index (χ1n) is 12.0. The first-order chi connectivity index (χ1) is 14.2. The molecule has 0 aromatic heterocycles. The van der Waals surface area contributed by atoms with Crippen molar-refractivity contribution in [2.45, 2.75) is 118 Å². The molecule has 0 aliphatic heterocycles. The molecule has 2 rings (SSSR count). The Kier molecular flexibility index (Phi) is 6.93. The summed E-state index contributed by atoms with van der Waals surface area (Å²) in [5.41, 5.74) is 6.07. The number of phenolic OH excluding ortho intramolecular Hbond substituents is 2. The van der Waals surface area contributed by atoms with Crippen LogP contribution in [0.25, 0.3) is 0 Å². The van der Waals surface area contributed by atoms with E-state index in [2.05, 4.69) is 107 Å². The highest BCUT2D eigenvalue weighted by Crippen LogP contribution is 2.40. The molecule has 2 N–H and O–H groups in total. The van der Waals surface area contributed by atoms with Gasteiger partial charge in [-0.3, -0.25) is 0 Å². The van der Waals surface area contributed by atoms with E-state index in [9.17, 15) is 10.2 Å². The van der Waals surface area contributed by atoms with Crippen LogP contribution < -0.4 is 0 Å². The van der Waals surface area contributed by atoms with Crippen molar-refractivity contribution in [2.75, 3.05) is 0 Å². The van der Waals surface area contributed by atoms with Gasteiger partial charge in [0.2, 0.25) is 0 Å². The summed E-state index contributed by atoms with van der Waals surface area (Å²) in [4.78, 5) is 0. The maximum atomic E-state index is 11.2. The Bertz CT molecular complexity index is 887. The highest BCUT2D eigenvalue weighted by atomic mass is 16.3. The lowest BCUT2D eigenvalue weighted by atomic mass is 9.77. The average molecular weight is 439 g/mol. The third-order valence-electron chi connectivity index (χ3n) is 6.39. The standard InChI is InChI=1S/C30H46O2/c1-27(2,3)21-15-19(25(31)23(17-21)29(7,8)9)13-14-20-16-22(28(4,5)6)18-24(26(20)32)30(10,11)12/h15-18,31-32H,13-14H2,1-12H3. The Morgan fingerprint density at radius 2 is 0.750 bits per heavy atom. The van der Waals surface area contributed by atoms with Crippen molar-refractivity contribution in [3.63, 3.8) is 0 Å². The Morgan fingerprint density at radius 3 is 0.969 bits per heavy atom. The number of aromatic hydroxyl groups is 2. The first kappa shape index (κ1) is 26.3. The van der Waals surface area contributed by atoms with Crippen LogP contribution >= 0.6 is 0 Å². The van der Waals surface area contributed by atoms with Crippen molar-refractivity contribution in [3.8, 4) is 11.5 Å². The zero-order chi connectivity index (χ0) is 24.9. The lowest BCUT2D eigenvalue weighted by molar-refractivity contribution is 0.432. The van der Waals surface area contributed by atoms with E-state index in [-0.39, 0.29) is 21.7 Å². The van der Waals surface area contributed by atoms with E-state index in [4.69, 9.17) is 0 Å². The minimum absolute atomic E-state index is 0.00382. The Morgan fingerprint density at radius 1 is 0.469 bits per heavy atom. The number of rotatable bonds is 3. The van der Waals surface area contributed by atoms with Gasteiger partial charge in [0.1, 0.15) is 11.5 Å². The van der Waals surface area contributed by atoms with E-state index >= 15 is 0 Å². The van der Waals surface area contributed by atoms with Crippen molar-refractivity contribution in [2.24, 2.45) is 0 Å². The maximum absolute atomic E-state index is 11.2. The summed E-state index contributed by atoms with van der Waals surface area (Å²) < 4.78 is 0. The van der Waals surface area contributed by atoms with Gasteiger partial charge in [0.25, 0.3) is 0 Å². The number of hydrogen-bond donors (Lipinski definition) is 2. The van der Waals surface area contributed by atoms with Crippen molar-refractivity contribution < 1.29 is 10.2 Å². The van der Waals surface area contributed by atoms with E-state index in [1.807, 2.05) is 0 Å². The highest BCUT2D eigenvalue weighted by Gasteiger charge is 2.27. The van der Waals surface area contributed by atoms with Crippen LogP contribution in [-0.4, -0.2) is 10.2 Å². The minimum Gasteiger partial charge on any atom is -0.507 e. The maximum Gasteiger partial charge on any atom is 0.122 e. The topological polar surface area (TPSA) is 40.5 Å². The van der Waals surface area contributed by atoms with Crippen molar-refractivity contribution in [1.29, 1.82) is 0 Å². The predicted octanol–water partition coefficient (Wildman–Crippen LogP) is 8.07. The van der Waals surface area contributed by atoms with Gasteiger partial charge in [-0.1, -0.05) is 107 Å². The average Bonchev–Trinajstić information content (AvgIpc) is 2.57. The molecular weight excluding hydrogens is 392 g/mol. The fourth-order valence-corrected chi connectivity index (χ4v) is 4.05. The van der Waals surface area contributed by atoms with Gasteiger partial charge in [0.05, 0.1) is 0 Å². The molecular formula is C30H46O2. The lowest BCUT2D eigenvalue weighted by Crippen LogP contribution is -2.18. The fourth-order valence-electron chi connectivity index (χ4n) is 4.05. The lowest BCUT2D eigenvalue weighted by Gasteiger charge is -2.28. The zero-order valence-electron chi connectivity index (χ0n) is 22.6. The van der Waals surface area contributed by atoms with Crippen LogP contribution in [0.4, 0.5) is 0 Å². The molecule has 0 spiro atoms. The zero-order valence-corrected chi connectivity index (χ0v) is 22.6. The molecule has 32 heavy (non-hydrogen) atoms. The van der Waals surface area contributed by atoms with Gasteiger partial charge < -0.3 is 10.2 Å². The molecule has 178 valence electrons. The van der Waals surface area contributed by atoms with E-state index in [1.54, 1.807) is 0 Å². The summed E-state index contributed by atoms with van der Waals surface area (Å²) in [6, 6.07) is 8.63. The molecule has 0 saturated carbocycles. The van der Waals surface area contributed by atoms with Crippen LogP contribution in [-0.2, 0) is 34.5 Å². The molecule has 0 atom stereocenters. The van der Waals surface area contributed by atoms with Gasteiger partial charge in [-0.25, -0.2) is 0 Å². The summed E-state index contributed by atoms with van der Waals surface area (Å²) in [6.45, 7) is 26.1. The second kappa shape index (κ2) is 8.43. The van der Waals surface area contributed by atoms with E-state index in [0.29, 0.717) is 24.3 Å². The molecule has 0 aliphatic rings. The smallest absolute Gasteiger partial charge is 0.122 e. The number of phenols is 2. The SMILES string of the molecule is CC(C)(C)c1cc(CCc2cc(C(C)(C)C)cc(C(C)(C)C)c2O)c(O)c(C(C)(C)C)c1. The van der Waals surface area contributed by atoms with Gasteiger partial charge in [0, 0.05) is 0 Å². The predicted molar refractivity (Wildman–Crippen MR) is 138 cm³/mol. The van der Waals surface area contributed by atoms with E-state index in [0.717, 1.165) is 22.3 Å². The Balaban J connectivity index is 2.59. The summed E-state index contributed by atoms with van der Waals surface area (Å²) in [5.74, 6) is 0.793. The van der Waals surface area contributed by atoms with Crippen LogP contribution in [0.1, 0.15) is 116 Å². The summed E-state index contributed by atoms with van der Waals surface area (Å²) >= 11 is 0. The quantitative estimate of drug-likeness (QED) is 0.508. The molecule has 0 saturated heterocycles. The Hall–Kier alpha value is -1.96. The monoisotopic (exact) mass is 438 g/mol. The second-order valence-electron chi connectivity index (χ2n) is 13.6. The van der Waals surface area contributed by atoms with Crippen LogP contribution in [0.5, 0.6) is 11.5 Å². The van der Waals surface area contributed by atoms with Crippen molar-refractivity contribution in [1.82, 2.24) is 0 Å². The third kappa shape index (κ3) is 5.88. The van der Waals surface area contributed by atoms with Crippen molar-refractivity contribution in [3.05, 3.63) is 57.6 Å². The van der Waals surface area contributed by atoms with Crippen molar-refractivity contribution >= 4 is 0 Å². The Labute approximate surface area is 197 Å². The van der Waals surface area contributed by atoms with Crippen LogP contribution in [0.15, 0.2) is 24.3 Å².